The van der Waals surface area contributed by atoms with Crippen LogP contribution in [0.25, 0.3) is 22.3 Å². The quantitative estimate of drug-likeness (QED) is 0.235. The first-order chi connectivity index (χ1) is 16.7. The highest BCUT2D eigenvalue weighted by Crippen LogP contribution is 2.16. The number of nitrogens with zero attached hydrogens (tertiary/aromatic N) is 4. The first-order valence-corrected chi connectivity index (χ1v) is 12.7. The summed E-state index contributed by atoms with van der Waals surface area (Å²) in [4.78, 5) is 0. The van der Waals surface area contributed by atoms with Crippen LogP contribution in [0.1, 0.15) is 39.5 Å². The molecule has 0 amide bonds. The second kappa shape index (κ2) is 12.2. The molecule has 0 atom stereocenters. The van der Waals surface area contributed by atoms with Gasteiger partial charge in [-0.1, -0.05) is 0 Å². The molecule has 0 saturated carbocycles. The van der Waals surface area contributed by atoms with Gasteiger partial charge < -0.3 is 0 Å². The van der Waals surface area contributed by atoms with Crippen LogP contribution in [0.5, 0.6) is 0 Å². The third-order valence-electron chi connectivity index (χ3n) is 6.54. The summed E-state index contributed by atoms with van der Waals surface area (Å²) in [5, 5.41) is 0. The van der Waals surface area contributed by atoms with Gasteiger partial charge in [-0.05, 0) is 48.9 Å². The van der Waals surface area contributed by atoms with Gasteiger partial charge in [0.05, 0.1) is 0 Å². The summed E-state index contributed by atoms with van der Waals surface area (Å²) < 4.78 is 8.98. The Balaban J connectivity index is 1.15. The van der Waals surface area contributed by atoms with Gasteiger partial charge in [-0.25, -0.2) is 18.3 Å². The van der Waals surface area contributed by atoms with Gasteiger partial charge in [0.15, 0.2) is 49.6 Å². The van der Waals surface area contributed by atoms with Crippen LogP contribution in [-0.4, -0.2) is 0 Å². The van der Waals surface area contributed by atoms with Crippen molar-refractivity contribution in [2.45, 2.75) is 65.7 Å². The molecule has 4 heteroatoms. The molecule has 0 bridgehead atoms. The number of aryl methyl sites for hydroxylation is 4. The zero-order chi connectivity index (χ0) is 23.6. The van der Waals surface area contributed by atoms with E-state index >= 15 is 0 Å². The van der Waals surface area contributed by atoms with Crippen LogP contribution >= 0.6 is 0 Å². The number of rotatable bonds is 11. The second-order valence-electron chi connectivity index (χ2n) is 8.90. The summed E-state index contributed by atoms with van der Waals surface area (Å²) in [7, 11) is 0. The van der Waals surface area contributed by atoms with E-state index in [1.807, 2.05) is 0 Å². The maximum Gasteiger partial charge on any atom is 0.169 e. The largest absolute Gasteiger partial charge is 0.205 e. The van der Waals surface area contributed by atoms with Crippen molar-refractivity contribution in [3.8, 4) is 22.3 Å². The van der Waals surface area contributed by atoms with Crippen molar-refractivity contribution in [2.75, 3.05) is 0 Å². The third-order valence-corrected chi connectivity index (χ3v) is 6.54. The lowest BCUT2D eigenvalue weighted by atomic mass is 10.1. The fourth-order valence-electron chi connectivity index (χ4n) is 4.26. The van der Waals surface area contributed by atoms with E-state index in [-0.39, 0.29) is 0 Å². The Hall–Kier alpha value is -3.40. The maximum atomic E-state index is 2.30. The van der Waals surface area contributed by atoms with Crippen LogP contribution in [0.15, 0.2) is 98.1 Å². The molecule has 0 aliphatic heterocycles. The zero-order valence-electron chi connectivity index (χ0n) is 20.7. The smallest absolute Gasteiger partial charge is 0.169 e. The van der Waals surface area contributed by atoms with E-state index in [1.54, 1.807) is 0 Å². The van der Waals surface area contributed by atoms with Gasteiger partial charge in [-0.2, -0.15) is 0 Å². The minimum Gasteiger partial charge on any atom is -0.205 e. The highest BCUT2D eigenvalue weighted by Gasteiger charge is 2.07. The van der Waals surface area contributed by atoms with Gasteiger partial charge in [-0.3, -0.25) is 0 Å². The molecular formula is C30H38N4+4. The molecule has 4 rings (SSSR count). The van der Waals surface area contributed by atoms with Crippen molar-refractivity contribution in [1.82, 2.24) is 0 Å². The average molecular weight is 455 g/mol. The first kappa shape index (κ1) is 23.7. The molecule has 0 N–H and O–H groups in total. The highest BCUT2D eigenvalue weighted by molar-refractivity contribution is 5.61. The lowest BCUT2D eigenvalue weighted by Gasteiger charge is -2.02. The predicted octanol–water partition coefficient (Wildman–Crippen LogP) is 4.47. The summed E-state index contributed by atoms with van der Waals surface area (Å²) in [6.45, 7) is 8.51. The van der Waals surface area contributed by atoms with E-state index in [0.717, 1.165) is 26.2 Å². The van der Waals surface area contributed by atoms with E-state index in [0.29, 0.717) is 0 Å². The van der Waals surface area contributed by atoms with Gasteiger partial charge >= 0.3 is 0 Å². The molecule has 0 unspecified atom stereocenters. The van der Waals surface area contributed by atoms with Crippen LogP contribution in [-0.2, 0) is 26.2 Å². The van der Waals surface area contributed by atoms with Gasteiger partial charge in [-0.15, -0.1) is 0 Å². The fraction of sp³-hybridized carbons (Fsp3) is 0.333. The monoisotopic (exact) mass is 454 g/mol. The average Bonchev–Trinajstić information content (AvgIpc) is 2.91. The Morgan fingerprint density at radius 3 is 0.912 bits per heavy atom. The van der Waals surface area contributed by atoms with Crippen molar-refractivity contribution in [3.63, 3.8) is 0 Å². The van der Waals surface area contributed by atoms with Crippen molar-refractivity contribution in [2.24, 2.45) is 0 Å². The van der Waals surface area contributed by atoms with Gasteiger partial charge in [0.2, 0.25) is 0 Å². The SMILES string of the molecule is CC[n+]1ccc(-c2cc[n+](CCCCCC[n+]3ccc(-c4cc[n+](CC)cc4)cc3)cc2)cc1. The van der Waals surface area contributed by atoms with Crippen LogP contribution in [0, 0.1) is 0 Å². The molecule has 0 aliphatic carbocycles. The van der Waals surface area contributed by atoms with E-state index < -0.39 is 0 Å². The molecule has 4 aromatic rings. The van der Waals surface area contributed by atoms with E-state index in [9.17, 15) is 0 Å². The van der Waals surface area contributed by atoms with Crippen LogP contribution in [0.4, 0.5) is 0 Å². The molecule has 174 valence electrons. The third kappa shape index (κ3) is 6.57. The lowest BCUT2D eigenvalue weighted by Crippen LogP contribution is -2.33. The van der Waals surface area contributed by atoms with Crippen molar-refractivity contribution in [1.29, 1.82) is 0 Å². The fourth-order valence-corrected chi connectivity index (χ4v) is 4.26. The number of hydrogen-bond acceptors (Lipinski definition) is 0. The molecule has 0 fully saturated rings. The van der Waals surface area contributed by atoms with Gasteiger partial charge in [0, 0.05) is 61.4 Å². The minimum absolute atomic E-state index is 1.01. The van der Waals surface area contributed by atoms with Crippen LogP contribution < -0.4 is 18.3 Å². The molecule has 34 heavy (non-hydrogen) atoms. The second-order valence-corrected chi connectivity index (χ2v) is 8.90. The Morgan fingerprint density at radius 2 is 0.647 bits per heavy atom. The number of hydrogen-bond donors (Lipinski definition) is 0. The minimum atomic E-state index is 1.01. The molecule has 0 aromatic carbocycles. The number of aromatic nitrogens is 4. The Kier molecular flexibility index (Phi) is 8.50. The normalized spacial score (nSPS) is 11.0. The standard InChI is InChI=1S/C30H38N4/c1-3-31-19-9-27(10-20-31)29-13-23-33(24-14-29)17-7-5-6-8-18-34-25-15-30(16-26-34)28-11-21-32(4-2)22-12-28/h9-16,19-26H,3-8,17-18H2,1-2H3/q+4. The van der Waals surface area contributed by atoms with Gasteiger partial charge in [0.1, 0.15) is 26.2 Å². The molecule has 0 spiro atoms. The van der Waals surface area contributed by atoms with Crippen molar-refractivity contribution >= 4 is 0 Å². The molecule has 0 radical (unpaired) electrons. The highest BCUT2D eigenvalue weighted by atomic mass is 14.9. The van der Waals surface area contributed by atoms with E-state index in [1.165, 1.54) is 47.9 Å². The van der Waals surface area contributed by atoms with Crippen molar-refractivity contribution < 1.29 is 18.3 Å². The Labute approximate surface area is 204 Å². The molecule has 0 aliphatic rings. The summed E-state index contributed by atoms with van der Waals surface area (Å²) >= 11 is 0. The molecule has 4 nitrogen and oxygen atoms in total. The van der Waals surface area contributed by atoms with Crippen LogP contribution in [0.2, 0.25) is 0 Å². The lowest BCUT2D eigenvalue weighted by molar-refractivity contribution is -0.698. The maximum absolute atomic E-state index is 2.30. The molecular weight excluding hydrogens is 416 g/mol. The first-order valence-electron chi connectivity index (χ1n) is 12.7. The van der Waals surface area contributed by atoms with E-state index in [2.05, 4.69) is 130 Å². The summed E-state index contributed by atoms with van der Waals surface area (Å²) in [5.41, 5.74) is 5.10. The Bertz CT molecular complexity index is 1040. The topological polar surface area (TPSA) is 15.5 Å². The molecule has 4 heterocycles. The van der Waals surface area contributed by atoms with Gasteiger partial charge in [0.25, 0.3) is 0 Å². The molecule has 4 aromatic heterocycles. The summed E-state index contributed by atoms with van der Waals surface area (Å²) in [6, 6.07) is 17.7. The van der Waals surface area contributed by atoms with Crippen LogP contribution in [0.3, 0.4) is 0 Å². The Morgan fingerprint density at radius 1 is 0.382 bits per heavy atom. The predicted molar refractivity (Wildman–Crippen MR) is 134 cm³/mol. The number of unbranched alkanes of at least 4 members (excludes halogenated alkanes) is 3. The summed E-state index contributed by atoms with van der Waals surface area (Å²) in [6.07, 6.45) is 22.4. The van der Waals surface area contributed by atoms with Crippen molar-refractivity contribution in [3.05, 3.63) is 98.1 Å². The summed E-state index contributed by atoms with van der Waals surface area (Å²) in [5.74, 6) is 0. The van der Waals surface area contributed by atoms with E-state index in [4.69, 9.17) is 0 Å². The number of pyridine rings is 4. The molecule has 0 saturated heterocycles. The zero-order valence-corrected chi connectivity index (χ0v) is 20.7.